The van der Waals surface area contributed by atoms with Crippen molar-refractivity contribution in [3.05, 3.63) is 71.3 Å². The van der Waals surface area contributed by atoms with Gasteiger partial charge in [0.1, 0.15) is 17.7 Å². The Bertz CT molecular complexity index is 745. The van der Waals surface area contributed by atoms with Crippen LogP contribution in [-0.4, -0.2) is 17.9 Å². The Balaban J connectivity index is 2.01. The number of rotatable bonds is 6. The SMILES string of the molecule is CC(C)[C@H](NC(=O)c1ccc(F)cc1)C(=O)NCc1ccccc1F. The van der Waals surface area contributed by atoms with Crippen molar-refractivity contribution in [3.8, 4) is 0 Å². The third kappa shape index (κ3) is 5.11. The Morgan fingerprint density at radius 2 is 1.64 bits per heavy atom. The first kappa shape index (κ1) is 18.6. The topological polar surface area (TPSA) is 58.2 Å². The van der Waals surface area contributed by atoms with Gasteiger partial charge in [0.25, 0.3) is 5.91 Å². The molecule has 0 radical (unpaired) electrons. The van der Waals surface area contributed by atoms with Gasteiger partial charge in [-0.05, 0) is 36.2 Å². The Kier molecular flexibility index (Phi) is 6.22. The van der Waals surface area contributed by atoms with Crippen LogP contribution in [0.2, 0.25) is 0 Å². The van der Waals surface area contributed by atoms with Crippen molar-refractivity contribution in [2.45, 2.75) is 26.4 Å². The highest BCUT2D eigenvalue weighted by atomic mass is 19.1. The average molecular weight is 346 g/mol. The summed E-state index contributed by atoms with van der Waals surface area (Å²) in [6.45, 7) is 3.61. The van der Waals surface area contributed by atoms with Crippen molar-refractivity contribution in [2.24, 2.45) is 5.92 Å². The normalized spacial score (nSPS) is 11.9. The predicted molar refractivity (Wildman–Crippen MR) is 90.7 cm³/mol. The first-order chi connectivity index (χ1) is 11.9. The van der Waals surface area contributed by atoms with E-state index in [-0.39, 0.29) is 18.0 Å². The molecule has 0 saturated carbocycles. The molecular formula is C19H20F2N2O2. The van der Waals surface area contributed by atoms with Crippen LogP contribution < -0.4 is 10.6 Å². The number of hydrogen-bond donors (Lipinski definition) is 2. The first-order valence-corrected chi connectivity index (χ1v) is 7.96. The van der Waals surface area contributed by atoms with Crippen molar-refractivity contribution in [1.82, 2.24) is 10.6 Å². The van der Waals surface area contributed by atoms with Crippen molar-refractivity contribution in [3.63, 3.8) is 0 Å². The molecule has 0 aliphatic heterocycles. The van der Waals surface area contributed by atoms with Gasteiger partial charge in [0, 0.05) is 17.7 Å². The zero-order valence-electron chi connectivity index (χ0n) is 14.1. The van der Waals surface area contributed by atoms with Crippen molar-refractivity contribution >= 4 is 11.8 Å². The Labute approximate surface area is 145 Å². The lowest BCUT2D eigenvalue weighted by molar-refractivity contribution is -0.124. The molecule has 1 atom stereocenters. The quantitative estimate of drug-likeness (QED) is 0.845. The summed E-state index contributed by atoms with van der Waals surface area (Å²) in [5, 5.41) is 5.27. The van der Waals surface area contributed by atoms with Gasteiger partial charge < -0.3 is 10.6 Å². The van der Waals surface area contributed by atoms with E-state index in [9.17, 15) is 18.4 Å². The monoisotopic (exact) mass is 346 g/mol. The fourth-order valence-corrected chi connectivity index (χ4v) is 2.29. The second-order valence-corrected chi connectivity index (χ2v) is 6.01. The maximum absolute atomic E-state index is 13.6. The van der Waals surface area contributed by atoms with Crippen LogP contribution in [0.5, 0.6) is 0 Å². The Morgan fingerprint density at radius 1 is 1.00 bits per heavy atom. The number of benzene rings is 2. The van der Waals surface area contributed by atoms with Crippen LogP contribution in [0.4, 0.5) is 8.78 Å². The Hall–Kier alpha value is -2.76. The van der Waals surface area contributed by atoms with Gasteiger partial charge in [-0.3, -0.25) is 9.59 Å². The third-order valence-corrected chi connectivity index (χ3v) is 3.75. The van der Waals surface area contributed by atoms with Crippen molar-refractivity contribution in [2.75, 3.05) is 0 Å². The summed E-state index contributed by atoms with van der Waals surface area (Å²) in [4.78, 5) is 24.6. The molecule has 2 rings (SSSR count). The molecular weight excluding hydrogens is 326 g/mol. The summed E-state index contributed by atoms with van der Waals surface area (Å²) < 4.78 is 26.5. The summed E-state index contributed by atoms with van der Waals surface area (Å²) in [5.74, 6) is -1.91. The largest absolute Gasteiger partial charge is 0.350 e. The van der Waals surface area contributed by atoms with Crippen molar-refractivity contribution in [1.29, 1.82) is 0 Å². The van der Waals surface area contributed by atoms with Gasteiger partial charge in [0.05, 0.1) is 0 Å². The molecule has 2 aromatic carbocycles. The minimum atomic E-state index is -0.788. The summed E-state index contributed by atoms with van der Waals surface area (Å²) in [7, 11) is 0. The van der Waals surface area contributed by atoms with Crippen molar-refractivity contribution < 1.29 is 18.4 Å². The van der Waals surface area contributed by atoms with Gasteiger partial charge >= 0.3 is 0 Å². The summed E-state index contributed by atoms with van der Waals surface area (Å²) in [5.41, 5.74) is 0.622. The van der Waals surface area contributed by atoms with Crippen LogP contribution in [0.15, 0.2) is 48.5 Å². The number of amides is 2. The Morgan fingerprint density at radius 3 is 2.24 bits per heavy atom. The lowest BCUT2D eigenvalue weighted by atomic mass is 10.0. The van der Waals surface area contributed by atoms with E-state index >= 15 is 0 Å². The van der Waals surface area contributed by atoms with Crippen LogP contribution in [0.3, 0.4) is 0 Å². The van der Waals surface area contributed by atoms with Crippen LogP contribution in [0.1, 0.15) is 29.8 Å². The number of carbonyl (C=O) groups excluding carboxylic acids is 2. The molecule has 0 saturated heterocycles. The molecule has 0 bridgehead atoms. The average Bonchev–Trinajstić information content (AvgIpc) is 2.58. The molecule has 0 heterocycles. The molecule has 0 aromatic heterocycles. The molecule has 25 heavy (non-hydrogen) atoms. The lowest BCUT2D eigenvalue weighted by Gasteiger charge is -2.22. The van der Waals surface area contributed by atoms with E-state index in [1.807, 2.05) is 0 Å². The molecule has 0 unspecified atom stereocenters. The molecule has 0 aliphatic rings. The lowest BCUT2D eigenvalue weighted by Crippen LogP contribution is -2.49. The van der Waals surface area contributed by atoms with Gasteiger partial charge in [-0.2, -0.15) is 0 Å². The van der Waals surface area contributed by atoms with Crippen LogP contribution in [-0.2, 0) is 11.3 Å². The molecule has 0 fully saturated rings. The van der Waals surface area contributed by atoms with Crippen LogP contribution in [0, 0.1) is 17.6 Å². The smallest absolute Gasteiger partial charge is 0.251 e. The van der Waals surface area contributed by atoms with Crippen LogP contribution >= 0.6 is 0 Å². The highest BCUT2D eigenvalue weighted by Crippen LogP contribution is 2.09. The summed E-state index contributed by atoms with van der Waals surface area (Å²) in [6.07, 6.45) is 0. The van der Waals surface area contributed by atoms with Gasteiger partial charge in [-0.1, -0.05) is 32.0 Å². The van der Waals surface area contributed by atoms with Gasteiger partial charge in [-0.15, -0.1) is 0 Å². The molecule has 2 N–H and O–H groups in total. The fourth-order valence-electron chi connectivity index (χ4n) is 2.29. The zero-order chi connectivity index (χ0) is 18.4. The fraction of sp³-hybridized carbons (Fsp3) is 0.263. The van der Waals surface area contributed by atoms with E-state index in [2.05, 4.69) is 10.6 Å². The maximum Gasteiger partial charge on any atom is 0.251 e. The molecule has 2 amide bonds. The number of carbonyl (C=O) groups is 2. The van der Waals surface area contributed by atoms with Gasteiger partial charge in [0.15, 0.2) is 0 Å². The predicted octanol–water partition coefficient (Wildman–Crippen LogP) is 3.04. The highest BCUT2D eigenvalue weighted by Gasteiger charge is 2.24. The second kappa shape index (κ2) is 8.37. The van der Waals surface area contributed by atoms with E-state index in [0.717, 1.165) is 0 Å². The summed E-state index contributed by atoms with van der Waals surface area (Å²) >= 11 is 0. The minimum absolute atomic E-state index is 0.0289. The van der Waals surface area contributed by atoms with Gasteiger partial charge in [-0.25, -0.2) is 8.78 Å². The molecule has 4 nitrogen and oxygen atoms in total. The maximum atomic E-state index is 13.6. The second-order valence-electron chi connectivity index (χ2n) is 6.01. The molecule has 2 aromatic rings. The molecule has 0 spiro atoms. The van der Waals surface area contributed by atoms with E-state index in [1.165, 1.54) is 30.3 Å². The van der Waals surface area contributed by atoms with Gasteiger partial charge in [0.2, 0.25) is 5.91 Å². The molecule has 6 heteroatoms. The molecule has 0 aliphatic carbocycles. The highest BCUT2D eigenvalue weighted by molar-refractivity contribution is 5.97. The van der Waals surface area contributed by atoms with E-state index < -0.39 is 29.5 Å². The standard InChI is InChI=1S/C19H20F2N2O2/c1-12(2)17(23-18(24)13-7-9-15(20)10-8-13)19(25)22-11-14-5-3-4-6-16(14)21/h3-10,12,17H,11H2,1-2H3,(H,22,25)(H,23,24)/t17-/m0/s1. The first-order valence-electron chi connectivity index (χ1n) is 7.96. The molecule has 132 valence electrons. The summed E-state index contributed by atoms with van der Waals surface area (Å²) in [6, 6.07) is 10.4. The van der Waals surface area contributed by atoms with E-state index in [4.69, 9.17) is 0 Å². The van der Waals surface area contributed by atoms with E-state index in [0.29, 0.717) is 5.56 Å². The number of halogens is 2. The zero-order valence-corrected chi connectivity index (χ0v) is 14.1. The number of hydrogen-bond acceptors (Lipinski definition) is 2. The van der Waals surface area contributed by atoms with Crippen LogP contribution in [0.25, 0.3) is 0 Å². The number of nitrogens with one attached hydrogen (secondary N) is 2. The van der Waals surface area contributed by atoms with E-state index in [1.54, 1.807) is 32.0 Å². The third-order valence-electron chi connectivity index (χ3n) is 3.75. The minimum Gasteiger partial charge on any atom is -0.350 e.